The van der Waals surface area contributed by atoms with Gasteiger partial charge in [0.05, 0.1) is 30.2 Å². The average Bonchev–Trinajstić information content (AvgIpc) is 3.37. The Balaban J connectivity index is 1.59. The fourth-order valence-corrected chi connectivity index (χ4v) is 4.28. The molecule has 5 rings (SSSR count). The monoisotopic (exact) mass is 421 g/mol. The maximum Gasteiger partial charge on any atom is 0.290 e. The number of carbonyl (C=O) groups is 1. The van der Waals surface area contributed by atoms with Gasteiger partial charge in [-0.1, -0.05) is 23.7 Å². The molecule has 1 aliphatic heterocycles. The Hall–Kier alpha value is -3.32. The molecule has 3 heterocycles. The normalized spacial score (nSPS) is 16.0. The molecule has 1 N–H and O–H groups in total. The van der Waals surface area contributed by atoms with Crippen molar-refractivity contribution in [2.75, 3.05) is 13.7 Å². The second kappa shape index (κ2) is 7.18. The quantitative estimate of drug-likeness (QED) is 0.546. The molecule has 0 unspecified atom stereocenters. The summed E-state index contributed by atoms with van der Waals surface area (Å²) in [6.07, 6.45) is 2.40. The zero-order valence-corrected chi connectivity index (χ0v) is 17.3. The van der Waals surface area contributed by atoms with Gasteiger partial charge in [0.1, 0.15) is 11.8 Å². The number of ether oxygens (including phenoxy) is 1. The number of carbonyl (C=O) groups excluding carboxylic acids is 1. The Morgan fingerprint density at radius 2 is 2.03 bits per heavy atom. The highest BCUT2D eigenvalue weighted by atomic mass is 35.5. The van der Waals surface area contributed by atoms with E-state index in [0.29, 0.717) is 29.3 Å². The molecule has 1 atom stereocenters. The molecule has 2 aromatic heterocycles. The van der Waals surface area contributed by atoms with Gasteiger partial charge in [0, 0.05) is 30.7 Å². The van der Waals surface area contributed by atoms with Gasteiger partial charge in [0.2, 0.25) is 0 Å². The summed E-state index contributed by atoms with van der Waals surface area (Å²) in [5.41, 5.74) is 4.45. The highest BCUT2D eigenvalue weighted by Gasteiger charge is 2.36. The number of benzene rings is 2. The van der Waals surface area contributed by atoms with Crippen molar-refractivity contribution in [3.8, 4) is 5.75 Å². The zero-order chi connectivity index (χ0) is 20.8. The fourth-order valence-electron chi connectivity index (χ4n) is 4.11. The highest BCUT2D eigenvalue weighted by Crippen LogP contribution is 2.35. The molecular formula is C22H20ClN5O2. The van der Waals surface area contributed by atoms with Gasteiger partial charge in [0.15, 0.2) is 5.82 Å². The molecule has 152 valence electrons. The number of amides is 1. The van der Waals surface area contributed by atoms with E-state index in [4.69, 9.17) is 16.3 Å². The third kappa shape index (κ3) is 2.93. The molecule has 0 saturated heterocycles. The topological polar surface area (TPSA) is 76.0 Å². The first-order valence-corrected chi connectivity index (χ1v) is 10.0. The zero-order valence-electron chi connectivity index (χ0n) is 16.6. The van der Waals surface area contributed by atoms with Crippen LogP contribution in [0.15, 0.2) is 48.8 Å². The van der Waals surface area contributed by atoms with E-state index >= 15 is 0 Å². The van der Waals surface area contributed by atoms with E-state index in [1.165, 1.54) is 0 Å². The van der Waals surface area contributed by atoms with Gasteiger partial charge in [-0.15, -0.1) is 0 Å². The van der Waals surface area contributed by atoms with Gasteiger partial charge < -0.3 is 19.2 Å². The molecule has 0 spiro atoms. The molecule has 1 amide bonds. The minimum absolute atomic E-state index is 0.140. The first-order chi connectivity index (χ1) is 14.6. The number of nitrogens with zero attached hydrogens (tertiary/aromatic N) is 4. The van der Waals surface area contributed by atoms with Crippen molar-refractivity contribution < 1.29 is 9.53 Å². The Bertz CT molecular complexity index is 1240. The van der Waals surface area contributed by atoms with Crippen LogP contribution in [0.2, 0.25) is 5.02 Å². The second-order valence-corrected chi connectivity index (χ2v) is 7.75. The number of H-pyrrole nitrogens is 1. The lowest BCUT2D eigenvalue weighted by molar-refractivity contribution is 0.0675. The molecule has 30 heavy (non-hydrogen) atoms. The van der Waals surface area contributed by atoms with E-state index < -0.39 is 0 Å². The lowest BCUT2D eigenvalue weighted by Gasteiger charge is -2.35. The van der Waals surface area contributed by atoms with E-state index in [1.54, 1.807) is 25.6 Å². The van der Waals surface area contributed by atoms with Crippen LogP contribution >= 0.6 is 11.6 Å². The number of fused-ring (bicyclic) bond motifs is 2. The van der Waals surface area contributed by atoms with Gasteiger partial charge in [-0.2, -0.15) is 0 Å². The Morgan fingerprint density at radius 3 is 2.80 bits per heavy atom. The van der Waals surface area contributed by atoms with E-state index in [-0.39, 0.29) is 11.9 Å². The molecule has 1 aliphatic rings. The number of methoxy groups -OCH3 is 1. The highest BCUT2D eigenvalue weighted by molar-refractivity contribution is 6.31. The molecule has 0 aliphatic carbocycles. The maximum atomic E-state index is 13.7. The number of aromatic nitrogens is 4. The molecule has 0 saturated carbocycles. The van der Waals surface area contributed by atoms with Crippen LogP contribution in [0.1, 0.15) is 33.6 Å². The van der Waals surface area contributed by atoms with Crippen LogP contribution in [0, 0.1) is 0 Å². The predicted octanol–water partition coefficient (Wildman–Crippen LogP) is 3.75. The van der Waals surface area contributed by atoms with Crippen molar-refractivity contribution in [2.45, 2.75) is 12.5 Å². The van der Waals surface area contributed by atoms with Crippen molar-refractivity contribution in [1.82, 2.24) is 24.4 Å². The summed E-state index contributed by atoms with van der Waals surface area (Å²) < 4.78 is 7.11. The number of halogens is 1. The summed E-state index contributed by atoms with van der Waals surface area (Å²) in [6.45, 7) is 0.564. The number of rotatable bonds is 3. The minimum Gasteiger partial charge on any atom is -0.497 e. The number of aryl methyl sites for hydroxylation is 1. The molecular weight excluding hydrogens is 402 g/mol. The van der Waals surface area contributed by atoms with Gasteiger partial charge in [0.25, 0.3) is 5.91 Å². The molecule has 4 aromatic rings. The molecule has 0 bridgehead atoms. The SMILES string of the molecule is COc1ccc([C@H]2c3nc[nH]c3CCN2C(=O)c2nc3cc(Cl)ccc3n2C)cc1. The first-order valence-electron chi connectivity index (χ1n) is 9.66. The van der Waals surface area contributed by atoms with Gasteiger partial charge in [-0.05, 0) is 35.9 Å². The van der Waals surface area contributed by atoms with Crippen molar-refractivity contribution >= 4 is 28.5 Å². The third-order valence-corrected chi connectivity index (χ3v) is 5.89. The van der Waals surface area contributed by atoms with Crippen molar-refractivity contribution in [2.24, 2.45) is 7.05 Å². The predicted molar refractivity (Wildman–Crippen MR) is 114 cm³/mol. The number of hydrogen-bond donors (Lipinski definition) is 1. The summed E-state index contributed by atoms with van der Waals surface area (Å²) >= 11 is 6.11. The Kier molecular flexibility index (Phi) is 4.47. The number of hydrogen-bond acceptors (Lipinski definition) is 4. The van der Waals surface area contributed by atoms with E-state index in [2.05, 4.69) is 15.0 Å². The average molecular weight is 422 g/mol. The van der Waals surface area contributed by atoms with Crippen LogP contribution in [0.25, 0.3) is 11.0 Å². The fraction of sp³-hybridized carbons (Fsp3) is 0.227. The van der Waals surface area contributed by atoms with Crippen LogP contribution in [0.3, 0.4) is 0 Å². The summed E-state index contributed by atoms with van der Waals surface area (Å²) in [4.78, 5) is 27.8. The van der Waals surface area contributed by atoms with Crippen LogP contribution in [-0.2, 0) is 13.5 Å². The van der Waals surface area contributed by atoms with Crippen LogP contribution < -0.4 is 4.74 Å². The van der Waals surface area contributed by atoms with Crippen LogP contribution in [0.4, 0.5) is 0 Å². The largest absolute Gasteiger partial charge is 0.497 e. The number of nitrogens with one attached hydrogen (secondary N) is 1. The number of aromatic amines is 1. The van der Waals surface area contributed by atoms with Crippen molar-refractivity contribution in [1.29, 1.82) is 0 Å². The second-order valence-electron chi connectivity index (χ2n) is 7.32. The van der Waals surface area contributed by atoms with Gasteiger partial charge >= 0.3 is 0 Å². The Labute approximate surface area is 178 Å². The standard InChI is InChI=1S/C22H20ClN5O2/c1-27-18-8-5-14(23)11-17(18)26-21(27)22(29)28-10-9-16-19(25-12-24-16)20(28)13-3-6-15(30-2)7-4-13/h3-8,11-12,20H,9-10H2,1-2H3,(H,24,25)/t20-/m0/s1. The molecule has 8 heteroatoms. The Morgan fingerprint density at radius 1 is 1.23 bits per heavy atom. The lowest BCUT2D eigenvalue weighted by Crippen LogP contribution is -2.41. The van der Waals surface area contributed by atoms with E-state index in [0.717, 1.165) is 28.2 Å². The summed E-state index contributed by atoms with van der Waals surface area (Å²) in [7, 11) is 3.48. The molecule has 0 fully saturated rings. The van der Waals surface area contributed by atoms with Gasteiger partial charge in [-0.3, -0.25) is 4.79 Å². The van der Waals surface area contributed by atoms with Crippen LogP contribution in [0.5, 0.6) is 5.75 Å². The summed E-state index contributed by atoms with van der Waals surface area (Å²) in [5.74, 6) is 1.01. The smallest absolute Gasteiger partial charge is 0.290 e. The first kappa shape index (κ1) is 18.7. The van der Waals surface area contributed by atoms with Crippen molar-refractivity contribution in [3.05, 3.63) is 76.6 Å². The van der Waals surface area contributed by atoms with Crippen molar-refractivity contribution in [3.63, 3.8) is 0 Å². The number of imidazole rings is 2. The third-order valence-electron chi connectivity index (χ3n) is 5.65. The van der Waals surface area contributed by atoms with E-state index in [1.807, 2.05) is 46.8 Å². The lowest BCUT2D eigenvalue weighted by atomic mass is 9.95. The molecule has 7 nitrogen and oxygen atoms in total. The summed E-state index contributed by atoms with van der Waals surface area (Å²) in [6, 6.07) is 12.9. The molecule has 2 aromatic carbocycles. The van der Waals surface area contributed by atoms with E-state index in [9.17, 15) is 4.79 Å². The molecule has 0 radical (unpaired) electrons. The maximum absolute atomic E-state index is 13.7. The minimum atomic E-state index is -0.304. The summed E-state index contributed by atoms with van der Waals surface area (Å²) in [5, 5.41) is 0.592. The van der Waals surface area contributed by atoms with Gasteiger partial charge in [-0.25, -0.2) is 9.97 Å². The van der Waals surface area contributed by atoms with Crippen LogP contribution in [-0.4, -0.2) is 44.0 Å².